The molecule has 158 valence electrons. The van der Waals surface area contributed by atoms with Gasteiger partial charge in [0, 0.05) is 33.2 Å². The van der Waals surface area contributed by atoms with Crippen LogP contribution in [0.2, 0.25) is 0 Å². The van der Waals surface area contributed by atoms with Crippen LogP contribution in [-0.2, 0) is 11.3 Å². The number of benzene rings is 2. The zero-order chi connectivity index (χ0) is 19.8. The lowest BCUT2D eigenvalue weighted by Crippen LogP contribution is -2.46. The number of hydrogen-bond acceptors (Lipinski definition) is 3. The van der Waals surface area contributed by atoms with Gasteiger partial charge in [-0.1, -0.05) is 42.0 Å². The van der Waals surface area contributed by atoms with Crippen molar-refractivity contribution in [1.29, 1.82) is 0 Å². The van der Waals surface area contributed by atoms with Gasteiger partial charge in [-0.2, -0.15) is 0 Å². The molecule has 1 aliphatic rings. The number of ether oxygens (including phenoxy) is 1. The van der Waals surface area contributed by atoms with Gasteiger partial charge in [-0.3, -0.25) is 9.89 Å². The quantitative estimate of drug-likeness (QED) is 0.354. The maximum Gasteiger partial charge on any atom is 0.191 e. The third-order valence-corrected chi connectivity index (χ3v) is 5.01. The van der Waals surface area contributed by atoms with E-state index in [4.69, 9.17) is 4.74 Å². The summed E-state index contributed by atoms with van der Waals surface area (Å²) in [5, 5.41) is 6.74. The standard InChI is InChI=1S/C22H29FN4O.HI/c1-17-3-7-19(8-4-17)21(27-11-13-28-14-12-27)16-26-22(24-2)25-15-18-5-9-20(23)10-6-18;/h3-10,21H,11-16H2,1-2H3,(H2,24,25,26);1H. The SMILES string of the molecule is CN=C(NCc1ccc(F)cc1)NCC(c1ccc(C)cc1)N1CCOCC1.I. The Labute approximate surface area is 189 Å². The molecule has 7 heteroatoms. The highest BCUT2D eigenvalue weighted by molar-refractivity contribution is 14.0. The summed E-state index contributed by atoms with van der Waals surface area (Å²) in [6, 6.07) is 15.5. The smallest absolute Gasteiger partial charge is 0.191 e. The molecule has 1 heterocycles. The molecule has 1 fully saturated rings. The molecule has 1 atom stereocenters. The lowest BCUT2D eigenvalue weighted by molar-refractivity contribution is 0.0170. The van der Waals surface area contributed by atoms with Crippen molar-refractivity contribution < 1.29 is 9.13 Å². The highest BCUT2D eigenvalue weighted by atomic mass is 127. The lowest BCUT2D eigenvalue weighted by atomic mass is 10.0. The summed E-state index contributed by atoms with van der Waals surface area (Å²) in [5.41, 5.74) is 3.55. The molecule has 2 aromatic carbocycles. The maximum atomic E-state index is 13.1. The average Bonchev–Trinajstić information content (AvgIpc) is 2.73. The molecular weight excluding hydrogens is 482 g/mol. The Morgan fingerprint density at radius 2 is 1.72 bits per heavy atom. The van der Waals surface area contributed by atoms with E-state index in [1.165, 1.54) is 23.3 Å². The van der Waals surface area contributed by atoms with Gasteiger partial charge in [-0.15, -0.1) is 24.0 Å². The molecule has 0 spiro atoms. The van der Waals surface area contributed by atoms with E-state index in [2.05, 4.69) is 51.7 Å². The van der Waals surface area contributed by atoms with E-state index in [0.717, 1.165) is 44.4 Å². The summed E-state index contributed by atoms with van der Waals surface area (Å²) in [6.45, 7) is 6.80. The van der Waals surface area contributed by atoms with Crippen molar-refractivity contribution >= 4 is 29.9 Å². The number of nitrogens with zero attached hydrogens (tertiary/aromatic N) is 2. The van der Waals surface area contributed by atoms with Crippen LogP contribution in [0.25, 0.3) is 0 Å². The van der Waals surface area contributed by atoms with Crippen molar-refractivity contribution in [3.63, 3.8) is 0 Å². The van der Waals surface area contributed by atoms with Crippen molar-refractivity contribution in [2.45, 2.75) is 19.5 Å². The fourth-order valence-electron chi connectivity index (χ4n) is 3.34. The third-order valence-electron chi connectivity index (χ3n) is 5.01. The molecule has 2 N–H and O–H groups in total. The topological polar surface area (TPSA) is 48.9 Å². The van der Waals surface area contributed by atoms with E-state index in [-0.39, 0.29) is 35.8 Å². The van der Waals surface area contributed by atoms with Gasteiger partial charge in [0.25, 0.3) is 0 Å². The van der Waals surface area contributed by atoms with Crippen molar-refractivity contribution in [2.75, 3.05) is 39.9 Å². The molecule has 29 heavy (non-hydrogen) atoms. The molecule has 1 unspecified atom stereocenters. The number of nitrogens with one attached hydrogen (secondary N) is 2. The Kier molecular flexibility index (Phi) is 9.83. The van der Waals surface area contributed by atoms with Crippen molar-refractivity contribution in [3.8, 4) is 0 Å². The van der Waals surface area contributed by atoms with Crippen LogP contribution in [0.1, 0.15) is 22.7 Å². The van der Waals surface area contributed by atoms with Gasteiger partial charge < -0.3 is 15.4 Å². The Morgan fingerprint density at radius 3 is 2.34 bits per heavy atom. The van der Waals surface area contributed by atoms with Gasteiger partial charge in [0.15, 0.2) is 5.96 Å². The number of aliphatic imine (C=N–C) groups is 1. The predicted molar refractivity (Wildman–Crippen MR) is 126 cm³/mol. The van der Waals surface area contributed by atoms with Gasteiger partial charge in [-0.25, -0.2) is 4.39 Å². The zero-order valence-electron chi connectivity index (χ0n) is 17.0. The fourth-order valence-corrected chi connectivity index (χ4v) is 3.34. The van der Waals surface area contributed by atoms with Gasteiger partial charge in [0.05, 0.1) is 19.3 Å². The summed E-state index contributed by atoms with van der Waals surface area (Å²) >= 11 is 0. The predicted octanol–water partition coefficient (Wildman–Crippen LogP) is 3.49. The second kappa shape index (κ2) is 12.1. The largest absolute Gasteiger partial charge is 0.379 e. The molecular formula is C22H30FIN4O. The number of hydrogen-bond donors (Lipinski definition) is 2. The summed E-state index contributed by atoms with van der Waals surface area (Å²) < 4.78 is 18.6. The normalized spacial score (nSPS) is 16.0. The van der Waals surface area contributed by atoms with Crippen LogP contribution in [0.15, 0.2) is 53.5 Å². The molecule has 2 aromatic rings. The molecule has 1 saturated heterocycles. The van der Waals surface area contributed by atoms with E-state index < -0.39 is 0 Å². The fraction of sp³-hybridized carbons (Fsp3) is 0.409. The number of guanidine groups is 1. The summed E-state index contributed by atoms with van der Waals surface area (Å²) in [6.07, 6.45) is 0. The van der Waals surface area contributed by atoms with Crippen LogP contribution >= 0.6 is 24.0 Å². The number of rotatable bonds is 6. The van der Waals surface area contributed by atoms with Gasteiger partial charge in [0.1, 0.15) is 5.82 Å². The Bertz CT molecular complexity index is 761. The molecule has 0 aliphatic carbocycles. The second-order valence-electron chi connectivity index (χ2n) is 7.01. The van der Waals surface area contributed by atoms with Gasteiger partial charge >= 0.3 is 0 Å². The monoisotopic (exact) mass is 512 g/mol. The Hall–Kier alpha value is -1.71. The minimum Gasteiger partial charge on any atom is -0.379 e. The van der Waals surface area contributed by atoms with Crippen LogP contribution in [0.4, 0.5) is 4.39 Å². The van der Waals surface area contributed by atoms with E-state index in [9.17, 15) is 4.39 Å². The summed E-state index contributed by atoms with van der Waals surface area (Å²) in [4.78, 5) is 6.78. The molecule has 5 nitrogen and oxygen atoms in total. The second-order valence-corrected chi connectivity index (χ2v) is 7.01. The van der Waals surface area contributed by atoms with E-state index in [1.54, 1.807) is 19.2 Å². The highest BCUT2D eigenvalue weighted by Crippen LogP contribution is 2.21. The van der Waals surface area contributed by atoms with E-state index in [0.29, 0.717) is 6.54 Å². The molecule has 0 saturated carbocycles. The highest BCUT2D eigenvalue weighted by Gasteiger charge is 2.22. The average molecular weight is 512 g/mol. The van der Waals surface area contributed by atoms with Crippen molar-refractivity contribution in [2.24, 2.45) is 4.99 Å². The van der Waals surface area contributed by atoms with Crippen molar-refractivity contribution in [3.05, 3.63) is 71.0 Å². The summed E-state index contributed by atoms with van der Waals surface area (Å²) in [5.74, 6) is 0.507. The van der Waals surface area contributed by atoms with Gasteiger partial charge in [-0.05, 0) is 30.2 Å². The molecule has 0 amide bonds. The molecule has 3 rings (SSSR count). The van der Waals surface area contributed by atoms with Crippen LogP contribution in [-0.4, -0.2) is 50.8 Å². The molecule has 0 radical (unpaired) electrons. The lowest BCUT2D eigenvalue weighted by Gasteiger charge is -2.35. The third kappa shape index (κ3) is 7.24. The number of halogens is 2. The summed E-state index contributed by atoms with van der Waals surface area (Å²) in [7, 11) is 1.76. The first kappa shape index (κ1) is 23.6. The van der Waals surface area contributed by atoms with E-state index in [1.807, 2.05) is 0 Å². The minimum atomic E-state index is -0.224. The van der Waals surface area contributed by atoms with E-state index >= 15 is 0 Å². The van der Waals surface area contributed by atoms with Crippen LogP contribution < -0.4 is 10.6 Å². The van der Waals surface area contributed by atoms with Crippen LogP contribution in [0.5, 0.6) is 0 Å². The first-order chi connectivity index (χ1) is 13.7. The van der Waals surface area contributed by atoms with Crippen molar-refractivity contribution in [1.82, 2.24) is 15.5 Å². The first-order valence-electron chi connectivity index (χ1n) is 9.73. The molecule has 0 aromatic heterocycles. The number of morpholine rings is 1. The van der Waals surface area contributed by atoms with Crippen LogP contribution in [0.3, 0.4) is 0 Å². The first-order valence-corrected chi connectivity index (χ1v) is 9.73. The Balaban J connectivity index is 0.00000300. The Morgan fingerprint density at radius 1 is 1.07 bits per heavy atom. The van der Waals surface area contributed by atoms with Crippen LogP contribution in [0, 0.1) is 12.7 Å². The zero-order valence-corrected chi connectivity index (χ0v) is 19.4. The molecule has 1 aliphatic heterocycles. The molecule has 0 bridgehead atoms. The number of aryl methyl sites for hydroxylation is 1. The maximum absolute atomic E-state index is 13.1. The van der Waals surface area contributed by atoms with Gasteiger partial charge in [0.2, 0.25) is 0 Å². The minimum absolute atomic E-state index is 0.